The van der Waals surface area contributed by atoms with Gasteiger partial charge in [0.1, 0.15) is 11.5 Å². The first kappa shape index (κ1) is 19.5. The van der Waals surface area contributed by atoms with Crippen molar-refractivity contribution < 1.29 is 9.53 Å². The number of hydrogen-bond acceptors (Lipinski definition) is 6. The van der Waals surface area contributed by atoms with Crippen molar-refractivity contribution in [2.24, 2.45) is 0 Å². The summed E-state index contributed by atoms with van der Waals surface area (Å²) < 4.78 is 5.31. The van der Waals surface area contributed by atoms with Crippen LogP contribution in [-0.4, -0.2) is 66.7 Å². The van der Waals surface area contributed by atoms with Crippen LogP contribution in [0.1, 0.15) is 16.1 Å². The van der Waals surface area contributed by atoms with Gasteiger partial charge in [0, 0.05) is 37.7 Å². The molecule has 144 valence electrons. The van der Waals surface area contributed by atoms with Crippen LogP contribution in [0.15, 0.2) is 36.7 Å². The summed E-state index contributed by atoms with van der Waals surface area (Å²) in [6, 6.07) is 7.77. The van der Waals surface area contributed by atoms with Crippen LogP contribution >= 0.6 is 11.6 Å². The molecule has 1 saturated heterocycles. The third-order valence-corrected chi connectivity index (χ3v) is 4.55. The number of rotatable bonds is 8. The molecule has 2 N–H and O–H groups in total. The highest BCUT2D eigenvalue weighted by molar-refractivity contribution is 6.30. The van der Waals surface area contributed by atoms with E-state index in [9.17, 15) is 4.79 Å². The van der Waals surface area contributed by atoms with E-state index >= 15 is 0 Å². The lowest BCUT2D eigenvalue weighted by molar-refractivity contribution is 0.0383. The number of carbonyl (C=O) groups is 1. The van der Waals surface area contributed by atoms with Gasteiger partial charge < -0.3 is 15.4 Å². The number of morpholine rings is 1. The number of benzene rings is 1. The van der Waals surface area contributed by atoms with Crippen LogP contribution in [0.3, 0.4) is 0 Å². The standard InChI is InChI=1S/C19H24ClN5O2/c20-16-3-1-2-15(12-16)4-5-21-18-14-23-17(13-24-18)19(26)22-6-7-25-8-10-27-11-9-25/h1-3,12-14H,4-11H2,(H,21,24)(H,22,26). The summed E-state index contributed by atoms with van der Waals surface area (Å²) in [5.41, 5.74) is 1.47. The van der Waals surface area contributed by atoms with Crippen LogP contribution in [0.5, 0.6) is 0 Å². The van der Waals surface area contributed by atoms with Crippen LogP contribution in [0.25, 0.3) is 0 Å². The van der Waals surface area contributed by atoms with Crippen LogP contribution in [0, 0.1) is 0 Å². The Morgan fingerprint density at radius 3 is 2.78 bits per heavy atom. The summed E-state index contributed by atoms with van der Waals surface area (Å²) in [6.07, 6.45) is 3.90. The second-order valence-electron chi connectivity index (χ2n) is 6.30. The van der Waals surface area contributed by atoms with E-state index in [1.807, 2.05) is 24.3 Å². The van der Waals surface area contributed by atoms with Gasteiger partial charge in [-0.05, 0) is 24.1 Å². The Kier molecular flexibility index (Phi) is 7.38. The van der Waals surface area contributed by atoms with Gasteiger partial charge in [-0.1, -0.05) is 23.7 Å². The van der Waals surface area contributed by atoms with Crippen molar-refractivity contribution in [3.8, 4) is 0 Å². The molecule has 0 atom stereocenters. The topological polar surface area (TPSA) is 79.4 Å². The Morgan fingerprint density at radius 2 is 2.04 bits per heavy atom. The first-order chi connectivity index (χ1) is 13.2. The fourth-order valence-electron chi connectivity index (χ4n) is 2.81. The van der Waals surface area contributed by atoms with E-state index in [0.29, 0.717) is 24.6 Å². The predicted octanol–water partition coefficient (Wildman–Crippen LogP) is 1.85. The van der Waals surface area contributed by atoms with E-state index in [1.54, 1.807) is 6.20 Å². The highest BCUT2D eigenvalue weighted by Gasteiger charge is 2.11. The molecule has 2 aromatic rings. The molecule has 27 heavy (non-hydrogen) atoms. The van der Waals surface area contributed by atoms with Crippen LogP contribution in [-0.2, 0) is 11.2 Å². The van der Waals surface area contributed by atoms with E-state index in [0.717, 1.165) is 49.9 Å². The van der Waals surface area contributed by atoms with Crippen molar-refractivity contribution in [3.63, 3.8) is 0 Å². The number of carbonyl (C=O) groups excluding carboxylic acids is 1. The smallest absolute Gasteiger partial charge is 0.271 e. The number of ether oxygens (including phenoxy) is 1. The third-order valence-electron chi connectivity index (χ3n) is 4.31. The van der Waals surface area contributed by atoms with E-state index in [-0.39, 0.29) is 5.91 Å². The van der Waals surface area contributed by atoms with Gasteiger partial charge in [0.25, 0.3) is 5.91 Å². The maximum absolute atomic E-state index is 12.1. The Bertz CT molecular complexity index is 735. The Balaban J connectivity index is 1.39. The van der Waals surface area contributed by atoms with E-state index in [1.165, 1.54) is 6.20 Å². The normalized spacial score (nSPS) is 14.7. The summed E-state index contributed by atoms with van der Waals surface area (Å²) in [6.45, 7) is 5.43. The molecule has 0 unspecified atom stereocenters. The molecule has 1 aliphatic heterocycles. The van der Waals surface area contributed by atoms with Gasteiger partial charge >= 0.3 is 0 Å². The zero-order valence-corrected chi connectivity index (χ0v) is 15.9. The Labute approximate surface area is 164 Å². The van der Waals surface area contributed by atoms with Crippen LogP contribution < -0.4 is 10.6 Å². The summed E-state index contributed by atoms with van der Waals surface area (Å²) in [4.78, 5) is 22.9. The highest BCUT2D eigenvalue weighted by Crippen LogP contribution is 2.11. The maximum Gasteiger partial charge on any atom is 0.271 e. The monoisotopic (exact) mass is 389 g/mol. The predicted molar refractivity (Wildman–Crippen MR) is 105 cm³/mol. The lowest BCUT2D eigenvalue weighted by Gasteiger charge is -2.26. The molecule has 2 heterocycles. The summed E-state index contributed by atoms with van der Waals surface area (Å²) in [7, 11) is 0. The number of halogens is 1. The maximum atomic E-state index is 12.1. The molecule has 1 aromatic carbocycles. The van der Waals surface area contributed by atoms with Gasteiger partial charge in [-0.3, -0.25) is 9.69 Å². The van der Waals surface area contributed by atoms with Crippen LogP contribution in [0.2, 0.25) is 5.02 Å². The number of nitrogens with zero attached hydrogens (tertiary/aromatic N) is 3. The lowest BCUT2D eigenvalue weighted by atomic mass is 10.1. The van der Waals surface area contributed by atoms with Crippen molar-refractivity contribution >= 4 is 23.3 Å². The number of nitrogens with one attached hydrogen (secondary N) is 2. The molecule has 0 aliphatic carbocycles. The van der Waals surface area contributed by atoms with Gasteiger partial charge in [-0.25, -0.2) is 9.97 Å². The average molecular weight is 390 g/mol. The second-order valence-corrected chi connectivity index (χ2v) is 6.74. The molecule has 1 aromatic heterocycles. The van der Waals surface area contributed by atoms with Crippen molar-refractivity contribution in [2.75, 3.05) is 51.3 Å². The second kappa shape index (κ2) is 10.2. The van der Waals surface area contributed by atoms with Gasteiger partial charge in [-0.15, -0.1) is 0 Å². The first-order valence-corrected chi connectivity index (χ1v) is 9.47. The summed E-state index contributed by atoms with van der Waals surface area (Å²) in [5, 5.41) is 6.81. The molecule has 8 heteroatoms. The fourth-order valence-corrected chi connectivity index (χ4v) is 3.02. The number of amides is 1. The molecule has 1 aliphatic rings. The van der Waals surface area contributed by atoms with Gasteiger partial charge in [0.15, 0.2) is 0 Å². The van der Waals surface area contributed by atoms with Gasteiger partial charge in [0.05, 0.1) is 25.6 Å². The van der Waals surface area contributed by atoms with E-state index in [4.69, 9.17) is 16.3 Å². The minimum absolute atomic E-state index is 0.207. The summed E-state index contributed by atoms with van der Waals surface area (Å²) >= 11 is 5.98. The quantitative estimate of drug-likeness (QED) is 0.717. The van der Waals surface area contributed by atoms with Gasteiger partial charge in [-0.2, -0.15) is 0 Å². The molecule has 7 nitrogen and oxygen atoms in total. The zero-order valence-electron chi connectivity index (χ0n) is 15.2. The molecule has 3 rings (SSSR count). The molecule has 0 saturated carbocycles. The lowest BCUT2D eigenvalue weighted by Crippen LogP contribution is -2.41. The average Bonchev–Trinajstić information content (AvgIpc) is 2.69. The molecule has 1 fully saturated rings. The van der Waals surface area contributed by atoms with Crippen molar-refractivity contribution in [2.45, 2.75) is 6.42 Å². The van der Waals surface area contributed by atoms with Crippen molar-refractivity contribution in [1.82, 2.24) is 20.2 Å². The minimum atomic E-state index is -0.207. The molecular weight excluding hydrogens is 366 g/mol. The van der Waals surface area contributed by atoms with E-state index in [2.05, 4.69) is 25.5 Å². The summed E-state index contributed by atoms with van der Waals surface area (Å²) in [5.74, 6) is 0.433. The van der Waals surface area contributed by atoms with Gasteiger partial charge in [0.2, 0.25) is 0 Å². The number of aromatic nitrogens is 2. The fraction of sp³-hybridized carbons (Fsp3) is 0.421. The number of anilines is 1. The first-order valence-electron chi connectivity index (χ1n) is 9.09. The Hall–Kier alpha value is -2.22. The van der Waals surface area contributed by atoms with Crippen LogP contribution in [0.4, 0.5) is 5.82 Å². The molecule has 0 spiro atoms. The molecule has 0 radical (unpaired) electrons. The van der Waals surface area contributed by atoms with E-state index < -0.39 is 0 Å². The van der Waals surface area contributed by atoms with Crippen molar-refractivity contribution in [1.29, 1.82) is 0 Å². The largest absolute Gasteiger partial charge is 0.379 e. The zero-order chi connectivity index (χ0) is 18.9. The highest BCUT2D eigenvalue weighted by atomic mass is 35.5. The number of hydrogen-bond donors (Lipinski definition) is 2. The minimum Gasteiger partial charge on any atom is -0.379 e. The molecule has 0 bridgehead atoms. The Morgan fingerprint density at radius 1 is 1.19 bits per heavy atom. The molecule has 1 amide bonds. The molecular formula is C19H24ClN5O2. The SMILES string of the molecule is O=C(NCCN1CCOCC1)c1cnc(NCCc2cccc(Cl)c2)cn1. The van der Waals surface area contributed by atoms with Crippen molar-refractivity contribution in [3.05, 3.63) is 52.9 Å². The third kappa shape index (κ3) is 6.46.